The third-order valence-corrected chi connectivity index (χ3v) is 2.54. The molecule has 0 aliphatic carbocycles. The Labute approximate surface area is 83.8 Å². The molecule has 1 amide bonds. The second-order valence-corrected chi connectivity index (χ2v) is 3.72. The molecule has 2 heterocycles. The first kappa shape index (κ1) is 9.19. The van der Waals surface area contributed by atoms with Gasteiger partial charge in [0.25, 0.3) is 0 Å². The monoisotopic (exact) mass is 190 g/mol. The van der Waals surface area contributed by atoms with Gasteiger partial charge in [-0.3, -0.25) is 9.78 Å². The molecule has 1 aromatic rings. The summed E-state index contributed by atoms with van der Waals surface area (Å²) in [6.45, 7) is 3.80. The molecule has 0 N–H and O–H groups in total. The highest BCUT2D eigenvalue weighted by atomic mass is 16.2. The number of rotatable bonds is 2. The SMILES string of the molecule is Cc1ccc(CC(=O)N2CCC2)cn1. The smallest absolute Gasteiger partial charge is 0.227 e. The van der Waals surface area contributed by atoms with Crippen LogP contribution in [0.2, 0.25) is 0 Å². The van der Waals surface area contributed by atoms with Crippen molar-refractivity contribution in [1.29, 1.82) is 0 Å². The van der Waals surface area contributed by atoms with E-state index in [1.165, 1.54) is 0 Å². The molecule has 0 aromatic carbocycles. The van der Waals surface area contributed by atoms with Crippen LogP contribution in [0.3, 0.4) is 0 Å². The molecule has 0 bridgehead atoms. The molecule has 0 saturated carbocycles. The fraction of sp³-hybridized carbons (Fsp3) is 0.455. The maximum Gasteiger partial charge on any atom is 0.227 e. The molecule has 0 unspecified atom stereocenters. The van der Waals surface area contributed by atoms with Crippen LogP contribution >= 0.6 is 0 Å². The van der Waals surface area contributed by atoms with Crippen LogP contribution in [0.4, 0.5) is 0 Å². The van der Waals surface area contributed by atoms with Gasteiger partial charge in [-0.2, -0.15) is 0 Å². The van der Waals surface area contributed by atoms with Gasteiger partial charge in [-0.05, 0) is 25.0 Å². The van der Waals surface area contributed by atoms with E-state index in [1.54, 1.807) is 6.20 Å². The van der Waals surface area contributed by atoms with Gasteiger partial charge in [-0.15, -0.1) is 0 Å². The standard InChI is InChI=1S/C11H14N2O/c1-9-3-4-10(8-12-9)7-11(14)13-5-2-6-13/h3-4,8H,2,5-7H2,1H3. The molecule has 0 atom stereocenters. The van der Waals surface area contributed by atoms with Gasteiger partial charge in [-0.25, -0.2) is 0 Å². The van der Waals surface area contributed by atoms with Crippen LogP contribution < -0.4 is 0 Å². The molecule has 74 valence electrons. The quantitative estimate of drug-likeness (QED) is 0.701. The van der Waals surface area contributed by atoms with Crippen molar-refractivity contribution in [2.24, 2.45) is 0 Å². The summed E-state index contributed by atoms with van der Waals surface area (Å²) < 4.78 is 0. The molecule has 1 aliphatic heterocycles. The van der Waals surface area contributed by atoms with Crippen molar-refractivity contribution in [2.45, 2.75) is 19.8 Å². The fourth-order valence-corrected chi connectivity index (χ4v) is 1.46. The first-order valence-electron chi connectivity index (χ1n) is 4.95. The first-order chi connectivity index (χ1) is 6.75. The lowest BCUT2D eigenvalue weighted by Crippen LogP contribution is -2.42. The average Bonchev–Trinajstić information content (AvgIpc) is 2.06. The Kier molecular flexibility index (Phi) is 2.48. The number of nitrogens with zero attached hydrogens (tertiary/aromatic N) is 2. The van der Waals surface area contributed by atoms with E-state index in [2.05, 4.69) is 4.98 Å². The van der Waals surface area contributed by atoms with E-state index in [0.29, 0.717) is 6.42 Å². The Morgan fingerprint density at radius 2 is 2.29 bits per heavy atom. The maximum atomic E-state index is 11.6. The van der Waals surface area contributed by atoms with Crippen LogP contribution in [0.5, 0.6) is 0 Å². The van der Waals surface area contributed by atoms with E-state index < -0.39 is 0 Å². The molecular weight excluding hydrogens is 176 g/mol. The van der Waals surface area contributed by atoms with Gasteiger partial charge in [0.15, 0.2) is 0 Å². The van der Waals surface area contributed by atoms with E-state index >= 15 is 0 Å². The van der Waals surface area contributed by atoms with Gasteiger partial charge >= 0.3 is 0 Å². The molecule has 14 heavy (non-hydrogen) atoms. The fourth-order valence-electron chi connectivity index (χ4n) is 1.46. The van der Waals surface area contributed by atoms with Crippen LogP contribution in [0.15, 0.2) is 18.3 Å². The van der Waals surface area contributed by atoms with Gasteiger partial charge in [0.1, 0.15) is 0 Å². The van der Waals surface area contributed by atoms with Gasteiger partial charge in [-0.1, -0.05) is 6.07 Å². The number of pyridine rings is 1. The van der Waals surface area contributed by atoms with Gasteiger partial charge in [0.05, 0.1) is 6.42 Å². The van der Waals surface area contributed by atoms with Crippen molar-refractivity contribution < 1.29 is 4.79 Å². The predicted octanol–water partition coefficient (Wildman–Crippen LogP) is 1.16. The number of amides is 1. The third kappa shape index (κ3) is 1.92. The van der Waals surface area contributed by atoms with Gasteiger partial charge < -0.3 is 4.90 Å². The number of likely N-dealkylation sites (tertiary alicyclic amines) is 1. The van der Waals surface area contributed by atoms with Crippen LogP contribution in [-0.2, 0) is 11.2 Å². The topological polar surface area (TPSA) is 33.2 Å². The lowest BCUT2D eigenvalue weighted by atomic mass is 10.1. The molecule has 1 aliphatic rings. The Morgan fingerprint density at radius 1 is 1.50 bits per heavy atom. The summed E-state index contributed by atoms with van der Waals surface area (Å²) >= 11 is 0. The predicted molar refractivity (Wildman–Crippen MR) is 53.9 cm³/mol. The zero-order valence-electron chi connectivity index (χ0n) is 8.36. The van der Waals surface area contributed by atoms with E-state index in [1.807, 2.05) is 24.0 Å². The third-order valence-electron chi connectivity index (χ3n) is 2.54. The summed E-state index contributed by atoms with van der Waals surface area (Å²) in [5, 5.41) is 0. The number of carbonyl (C=O) groups excluding carboxylic acids is 1. The van der Waals surface area contributed by atoms with Crippen molar-refractivity contribution in [3.63, 3.8) is 0 Å². The molecule has 0 radical (unpaired) electrons. The summed E-state index contributed by atoms with van der Waals surface area (Å²) in [7, 11) is 0. The van der Waals surface area contributed by atoms with Crippen molar-refractivity contribution in [2.75, 3.05) is 13.1 Å². The summed E-state index contributed by atoms with van der Waals surface area (Å²) in [5.41, 5.74) is 2.00. The zero-order valence-corrected chi connectivity index (χ0v) is 8.36. The zero-order chi connectivity index (χ0) is 9.97. The second kappa shape index (κ2) is 3.78. The van der Waals surface area contributed by atoms with E-state index in [-0.39, 0.29) is 5.91 Å². The molecule has 3 heteroatoms. The number of hydrogen-bond donors (Lipinski definition) is 0. The highest BCUT2D eigenvalue weighted by molar-refractivity contribution is 5.79. The lowest BCUT2D eigenvalue weighted by Gasteiger charge is -2.30. The van der Waals surface area contributed by atoms with E-state index in [9.17, 15) is 4.79 Å². The Balaban J connectivity index is 1.96. The summed E-state index contributed by atoms with van der Waals surface area (Å²) in [6, 6.07) is 3.92. The summed E-state index contributed by atoms with van der Waals surface area (Å²) in [4.78, 5) is 17.6. The molecular formula is C11H14N2O. The van der Waals surface area contributed by atoms with Crippen LogP contribution in [-0.4, -0.2) is 28.9 Å². The Morgan fingerprint density at radius 3 is 2.79 bits per heavy atom. The van der Waals surface area contributed by atoms with Gasteiger partial charge in [0.2, 0.25) is 5.91 Å². The normalized spacial score (nSPS) is 15.1. The second-order valence-electron chi connectivity index (χ2n) is 3.72. The number of aromatic nitrogens is 1. The summed E-state index contributed by atoms with van der Waals surface area (Å²) in [6.07, 6.45) is 3.43. The molecule has 3 nitrogen and oxygen atoms in total. The molecule has 2 rings (SSSR count). The number of hydrogen-bond acceptors (Lipinski definition) is 2. The molecule has 1 fully saturated rings. The minimum atomic E-state index is 0.224. The van der Waals surface area contributed by atoms with Crippen molar-refractivity contribution >= 4 is 5.91 Å². The lowest BCUT2D eigenvalue weighted by molar-refractivity contribution is -0.133. The van der Waals surface area contributed by atoms with Crippen molar-refractivity contribution in [3.8, 4) is 0 Å². The minimum Gasteiger partial charge on any atom is -0.342 e. The molecule has 0 spiro atoms. The highest BCUT2D eigenvalue weighted by Crippen LogP contribution is 2.09. The molecule has 1 aromatic heterocycles. The number of aryl methyl sites for hydroxylation is 1. The van der Waals surface area contributed by atoms with Crippen LogP contribution in [0, 0.1) is 6.92 Å². The first-order valence-corrected chi connectivity index (χ1v) is 4.95. The maximum absolute atomic E-state index is 11.6. The Bertz CT molecular complexity index is 328. The van der Waals surface area contributed by atoms with E-state index in [4.69, 9.17) is 0 Å². The van der Waals surface area contributed by atoms with Crippen molar-refractivity contribution in [1.82, 2.24) is 9.88 Å². The number of carbonyl (C=O) groups is 1. The summed E-state index contributed by atoms with van der Waals surface area (Å²) in [5.74, 6) is 0.224. The van der Waals surface area contributed by atoms with Crippen LogP contribution in [0.1, 0.15) is 17.7 Å². The van der Waals surface area contributed by atoms with Gasteiger partial charge in [0, 0.05) is 25.0 Å². The molecule has 1 saturated heterocycles. The largest absolute Gasteiger partial charge is 0.342 e. The van der Waals surface area contributed by atoms with Crippen LogP contribution in [0.25, 0.3) is 0 Å². The van der Waals surface area contributed by atoms with Crippen molar-refractivity contribution in [3.05, 3.63) is 29.6 Å². The highest BCUT2D eigenvalue weighted by Gasteiger charge is 2.19. The van der Waals surface area contributed by atoms with E-state index in [0.717, 1.165) is 30.8 Å². The Hall–Kier alpha value is -1.38. The average molecular weight is 190 g/mol. The minimum absolute atomic E-state index is 0.224.